The van der Waals surface area contributed by atoms with Crippen LogP contribution in [0.15, 0.2) is 67.0 Å². The van der Waals surface area contributed by atoms with Crippen LogP contribution in [0.1, 0.15) is 29.4 Å². The van der Waals surface area contributed by atoms with Gasteiger partial charge in [0.15, 0.2) is 0 Å². The van der Waals surface area contributed by atoms with Crippen molar-refractivity contribution in [1.82, 2.24) is 19.9 Å². The summed E-state index contributed by atoms with van der Waals surface area (Å²) in [5.41, 5.74) is 2.32. The van der Waals surface area contributed by atoms with Crippen molar-refractivity contribution in [3.05, 3.63) is 89.5 Å². The number of nitrogens with zero attached hydrogens (tertiary/aromatic N) is 4. The predicted octanol–water partition coefficient (Wildman–Crippen LogP) is 6.93. The maximum Gasteiger partial charge on any atom is 0.416 e. The van der Waals surface area contributed by atoms with E-state index in [-0.39, 0.29) is 5.69 Å². The van der Waals surface area contributed by atoms with E-state index in [4.69, 9.17) is 4.74 Å². The molecule has 2 N–H and O–H groups in total. The molecule has 8 nitrogen and oxygen atoms in total. The summed E-state index contributed by atoms with van der Waals surface area (Å²) in [5.74, 6) is 1.58. The fourth-order valence-electron chi connectivity index (χ4n) is 3.96. The Labute approximate surface area is 230 Å². The standard InChI is InChI=1S/C29H29F3N6O2/c1-5-26-33-14-12-23(36-26)22-7-6-13-34-27(22)40-25-11-10-21(15-18(25)2)35-28(39)37-24-16-20(29(30,31)32)9-8-19(24)17-38(3)4/h6-16H,5,17H2,1-4H3,(H2,35,37,39). The molecule has 0 bridgehead atoms. The molecule has 0 unspecified atom stereocenters. The van der Waals surface area contributed by atoms with Gasteiger partial charge in [0.1, 0.15) is 11.6 Å². The maximum absolute atomic E-state index is 13.3. The molecule has 2 aromatic heterocycles. The number of benzene rings is 2. The first-order valence-corrected chi connectivity index (χ1v) is 12.5. The largest absolute Gasteiger partial charge is 0.438 e. The molecule has 0 aliphatic heterocycles. The molecule has 4 rings (SSSR count). The highest BCUT2D eigenvalue weighted by Gasteiger charge is 2.31. The van der Waals surface area contributed by atoms with Crippen molar-refractivity contribution in [2.45, 2.75) is 33.0 Å². The SMILES string of the molecule is CCc1nccc(-c2cccnc2Oc2ccc(NC(=O)Nc3cc(C(F)(F)F)ccc3CN(C)C)cc2C)n1. The summed E-state index contributed by atoms with van der Waals surface area (Å²) in [5, 5.41) is 5.23. The van der Waals surface area contributed by atoms with Crippen molar-refractivity contribution in [2.75, 3.05) is 24.7 Å². The molecule has 0 saturated heterocycles. The Morgan fingerprint density at radius 3 is 2.50 bits per heavy atom. The molecular formula is C29H29F3N6O2. The van der Waals surface area contributed by atoms with E-state index in [1.54, 1.807) is 61.7 Å². The van der Waals surface area contributed by atoms with Gasteiger partial charge in [-0.1, -0.05) is 13.0 Å². The number of hydrogen-bond acceptors (Lipinski definition) is 6. The van der Waals surface area contributed by atoms with Crippen molar-refractivity contribution < 1.29 is 22.7 Å². The van der Waals surface area contributed by atoms with E-state index in [0.29, 0.717) is 58.5 Å². The summed E-state index contributed by atoms with van der Waals surface area (Å²) in [6.07, 6.45) is -0.530. The maximum atomic E-state index is 13.3. The minimum atomic E-state index is -4.53. The number of halogens is 3. The van der Waals surface area contributed by atoms with Crippen LogP contribution < -0.4 is 15.4 Å². The van der Waals surface area contributed by atoms with Gasteiger partial charge in [0.2, 0.25) is 5.88 Å². The number of urea groups is 1. The Bertz CT molecular complexity index is 1510. The third-order valence-electron chi connectivity index (χ3n) is 5.88. The first-order chi connectivity index (χ1) is 19.0. The molecule has 4 aromatic rings. The fourth-order valence-corrected chi connectivity index (χ4v) is 3.96. The zero-order chi connectivity index (χ0) is 28.9. The van der Waals surface area contributed by atoms with Crippen molar-refractivity contribution in [2.24, 2.45) is 0 Å². The molecule has 2 heterocycles. The molecule has 208 valence electrons. The molecule has 0 aliphatic carbocycles. The molecule has 11 heteroatoms. The summed E-state index contributed by atoms with van der Waals surface area (Å²) in [7, 11) is 3.58. The van der Waals surface area contributed by atoms with E-state index in [0.717, 1.165) is 12.1 Å². The summed E-state index contributed by atoms with van der Waals surface area (Å²) >= 11 is 0. The molecule has 0 atom stereocenters. The highest BCUT2D eigenvalue weighted by Crippen LogP contribution is 2.34. The van der Waals surface area contributed by atoms with Crippen LogP contribution in [0.2, 0.25) is 0 Å². The second kappa shape index (κ2) is 12.1. The highest BCUT2D eigenvalue weighted by molar-refractivity contribution is 6.00. The van der Waals surface area contributed by atoms with Crippen LogP contribution in [0.4, 0.5) is 29.3 Å². The molecule has 0 radical (unpaired) electrons. The monoisotopic (exact) mass is 550 g/mol. The molecule has 0 saturated carbocycles. The van der Waals surface area contributed by atoms with Gasteiger partial charge in [-0.2, -0.15) is 13.2 Å². The number of carbonyl (C=O) groups is 1. The first-order valence-electron chi connectivity index (χ1n) is 12.5. The van der Waals surface area contributed by atoms with Gasteiger partial charge in [-0.25, -0.2) is 19.7 Å². The quantitative estimate of drug-likeness (QED) is 0.247. The Kier molecular flexibility index (Phi) is 8.64. The van der Waals surface area contributed by atoms with E-state index in [2.05, 4.69) is 25.6 Å². The van der Waals surface area contributed by atoms with Gasteiger partial charge < -0.3 is 20.3 Å². The number of rotatable bonds is 8. The number of alkyl halides is 3. The van der Waals surface area contributed by atoms with E-state index < -0.39 is 17.8 Å². The van der Waals surface area contributed by atoms with Crippen molar-refractivity contribution in [1.29, 1.82) is 0 Å². The molecule has 40 heavy (non-hydrogen) atoms. The molecule has 2 aromatic carbocycles. The normalized spacial score (nSPS) is 11.4. The Morgan fingerprint density at radius 2 is 1.80 bits per heavy atom. The summed E-state index contributed by atoms with van der Waals surface area (Å²) in [6.45, 7) is 4.13. The lowest BCUT2D eigenvalue weighted by Gasteiger charge is -2.18. The number of pyridine rings is 1. The average molecular weight is 551 g/mol. The summed E-state index contributed by atoms with van der Waals surface area (Å²) < 4.78 is 45.9. The summed E-state index contributed by atoms with van der Waals surface area (Å²) in [6, 6.07) is 13.1. The van der Waals surface area contributed by atoms with Crippen molar-refractivity contribution in [3.8, 4) is 22.9 Å². The predicted molar refractivity (Wildman–Crippen MR) is 147 cm³/mol. The number of hydrogen-bond donors (Lipinski definition) is 2. The van der Waals surface area contributed by atoms with E-state index >= 15 is 0 Å². The topological polar surface area (TPSA) is 92.3 Å². The minimum absolute atomic E-state index is 0.0799. The van der Waals surface area contributed by atoms with E-state index in [9.17, 15) is 18.0 Å². The number of anilines is 2. The number of aryl methyl sites for hydroxylation is 2. The van der Waals surface area contributed by atoms with Gasteiger partial charge in [-0.15, -0.1) is 0 Å². The van der Waals surface area contributed by atoms with Crippen LogP contribution in [-0.4, -0.2) is 40.0 Å². The van der Waals surface area contributed by atoms with Gasteiger partial charge in [-0.3, -0.25) is 0 Å². The summed E-state index contributed by atoms with van der Waals surface area (Å²) in [4.78, 5) is 27.7. The number of carbonyl (C=O) groups excluding carboxylic acids is 1. The van der Waals surface area contributed by atoms with Gasteiger partial charge in [0.05, 0.1) is 16.8 Å². The number of amides is 2. The van der Waals surface area contributed by atoms with Crippen LogP contribution >= 0.6 is 0 Å². The van der Waals surface area contributed by atoms with Gasteiger partial charge in [0.25, 0.3) is 0 Å². The molecule has 0 spiro atoms. The van der Waals surface area contributed by atoms with Gasteiger partial charge in [0, 0.05) is 36.7 Å². The van der Waals surface area contributed by atoms with Crippen LogP contribution in [0.3, 0.4) is 0 Å². The van der Waals surface area contributed by atoms with Crippen LogP contribution in [0.25, 0.3) is 11.3 Å². The lowest BCUT2D eigenvalue weighted by atomic mass is 10.1. The smallest absolute Gasteiger partial charge is 0.416 e. The van der Waals surface area contributed by atoms with Gasteiger partial charge >= 0.3 is 12.2 Å². The third kappa shape index (κ3) is 7.11. The lowest BCUT2D eigenvalue weighted by molar-refractivity contribution is -0.137. The molecular weight excluding hydrogens is 521 g/mol. The number of ether oxygens (including phenoxy) is 1. The molecule has 0 aliphatic rings. The van der Waals surface area contributed by atoms with E-state index in [1.807, 2.05) is 19.9 Å². The first kappa shape index (κ1) is 28.5. The van der Waals surface area contributed by atoms with E-state index in [1.165, 1.54) is 6.07 Å². The average Bonchev–Trinajstić information content (AvgIpc) is 2.90. The third-order valence-corrected chi connectivity index (χ3v) is 5.88. The minimum Gasteiger partial charge on any atom is -0.438 e. The zero-order valence-corrected chi connectivity index (χ0v) is 22.5. The Balaban J connectivity index is 1.51. The van der Waals surface area contributed by atoms with Crippen molar-refractivity contribution >= 4 is 17.4 Å². The van der Waals surface area contributed by atoms with Crippen LogP contribution in [-0.2, 0) is 19.1 Å². The van der Waals surface area contributed by atoms with Crippen LogP contribution in [0, 0.1) is 6.92 Å². The molecule has 2 amide bonds. The fraction of sp³-hybridized carbons (Fsp3) is 0.241. The molecule has 0 fully saturated rings. The van der Waals surface area contributed by atoms with Crippen LogP contribution in [0.5, 0.6) is 11.6 Å². The Hall–Kier alpha value is -4.51. The van der Waals surface area contributed by atoms with Gasteiger partial charge in [-0.05, 0) is 80.7 Å². The second-order valence-corrected chi connectivity index (χ2v) is 9.34. The zero-order valence-electron chi connectivity index (χ0n) is 22.5. The lowest BCUT2D eigenvalue weighted by Crippen LogP contribution is -2.22. The second-order valence-electron chi connectivity index (χ2n) is 9.34. The number of nitrogens with one attached hydrogen (secondary N) is 2. The number of aromatic nitrogens is 3. The van der Waals surface area contributed by atoms with Crippen molar-refractivity contribution in [3.63, 3.8) is 0 Å². The Morgan fingerprint density at radius 1 is 1.00 bits per heavy atom. The highest BCUT2D eigenvalue weighted by atomic mass is 19.4.